The number of anilines is 1. The lowest BCUT2D eigenvalue weighted by Crippen LogP contribution is -2.30. The van der Waals surface area contributed by atoms with Crippen molar-refractivity contribution in [3.63, 3.8) is 0 Å². The van der Waals surface area contributed by atoms with E-state index >= 15 is 4.39 Å². The average Bonchev–Trinajstić information content (AvgIpc) is 3.51. The summed E-state index contributed by atoms with van der Waals surface area (Å²) in [7, 11) is 3.54. The van der Waals surface area contributed by atoms with E-state index in [9.17, 15) is 22.8 Å². The zero-order chi connectivity index (χ0) is 35.8. The molecular weight excluding hydrogens is 656 g/mol. The van der Waals surface area contributed by atoms with Crippen LogP contribution in [-0.2, 0) is 24.0 Å². The van der Waals surface area contributed by atoms with Gasteiger partial charge in [-0.1, -0.05) is 24.3 Å². The number of carbonyl (C=O) groups excluding carboxylic acids is 2. The Kier molecular flexibility index (Phi) is 11.6. The Hall–Kier alpha value is -5.17. The first-order chi connectivity index (χ1) is 23.9. The third-order valence-electron chi connectivity index (χ3n) is 8.25. The maximum Gasteiger partial charge on any atom is 0.416 e. The molecule has 1 aliphatic heterocycles. The molecule has 2 heterocycles. The van der Waals surface area contributed by atoms with Gasteiger partial charge in [0.2, 0.25) is 11.8 Å². The van der Waals surface area contributed by atoms with Crippen molar-refractivity contribution in [2.24, 2.45) is 5.92 Å². The van der Waals surface area contributed by atoms with Gasteiger partial charge in [0.05, 0.1) is 25.7 Å². The van der Waals surface area contributed by atoms with E-state index in [4.69, 9.17) is 14.2 Å². The average molecular weight is 695 g/mol. The Morgan fingerprint density at radius 2 is 1.80 bits per heavy atom. The van der Waals surface area contributed by atoms with Crippen molar-refractivity contribution >= 4 is 17.5 Å². The quantitative estimate of drug-likeness (QED) is 0.149. The molecule has 2 N–H and O–H groups in total. The van der Waals surface area contributed by atoms with Gasteiger partial charge in [-0.25, -0.2) is 9.37 Å². The van der Waals surface area contributed by atoms with E-state index in [0.29, 0.717) is 35.9 Å². The summed E-state index contributed by atoms with van der Waals surface area (Å²) in [6.07, 6.45) is -2.85. The van der Waals surface area contributed by atoms with Crippen molar-refractivity contribution < 1.29 is 41.4 Å². The molecule has 3 aromatic carbocycles. The summed E-state index contributed by atoms with van der Waals surface area (Å²) < 4.78 is 73.3. The fourth-order valence-electron chi connectivity index (χ4n) is 5.63. The topological polar surface area (TPSA) is 102 Å². The number of amides is 2. The predicted octanol–water partition coefficient (Wildman–Crippen LogP) is 6.76. The maximum absolute atomic E-state index is 15.3. The Bertz CT molecular complexity index is 1820. The predicted molar refractivity (Wildman–Crippen MR) is 180 cm³/mol. The molecule has 13 heteroatoms. The highest BCUT2D eigenvalue weighted by atomic mass is 19.4. The van der Waals surface area contributed by atoms with E-state index in [0.717, 1.165) is 43.0 Å². The minimum atomic E-state index is -4.76. The number of ether oxygens (including phenoxy) is 3. The lowest BCUT2D eigenvalue weighted by atomic mass is 10.0. The van der Waals surface area contributed by atoms with Gasteiger partial charge in [0.15, 0.2) is 0 Å². The zero-order valence-electron chi connectivity index (χ0n) is 27.9. The van der Waals surface area contributed by atoms with E-state index < -0.39 is 35.8 Å². The van der Waals surface area contributed by atoms with Crippen molar-refractivity contribution in [1.82, 2.24) is 15.2 Å². The van der Waals surface area contributed by atoms with E-state index in [1.165, 1.54) is 24.4 Å². The smallest absolute Gasteiger partial charge is 0.416 e. The summed E-state index contributed by atoms with van der Waals surface area (Å²) in [6.45, 7) is 4.36. The molecule has 1 aliphatic rings. The summed E-state index contributed by atoms with van der Waals surface area (Å²) in [6, 6.07) is 15.9. The van der Waals surface area contributed by atoms with Crippen LogP contribution in [0.5, 0.6) is 17.4 Å². The minimum Gasteiger partial charge on any atom is -0.497 e. The van der Waals surface area contributed by atoms with Crippen LogP contribution in [0, 0.1) is 11.7 Å². The number of rotatable bonds is 13. The van der Waals surface area contributed by atoms with Crippen LogP contribution in [-0.4, -0.2) is 62.1 Å². The van der Waals surface area contributed by atoms with Crippen LogP contribution >= 0.6 is 0 Å². The monoisotopic (exact) mass is 694 g/mol. The molecule has 1 fully saturated rings. The molecular formula is C37H38F4N4O5. The number of alkyl halides is 3. The first-order valence-corrected chi connectivity index (χ1v) is 16.1. The third-order valence-corrected chi connectivity index (χ3v) is 8.25. The molecule has 4 aromatic rings. The van der Waals surface area contributed by atoms with Crippen LogP contribution in [0.15, 0.2) is 72.9 Å². The van der Waals surface area contributed by atoms with E-state index in [1.807, 2.05) is 31.3 Å². The number of methoxy groups -OCH3 is 1. The highest BCUT2D eigenvalue weighted by Crippen LogP contribution is 2.34. The molecule has 0 unspecified atom stereocenters. The fraction of sp³-hybridized carbons (Fsp3) is 0.324. The normalized spacial score (nSPS) is 14.7. The number of pyridine rings is 1. The molecule has 2 amide bonds. The van der Waals surface area contributed by atoms with E-state index in [2.05, 4.69) is 20.5 Å². The maximum atomic E-state index is 15.3. The molecule has 264 valence electrons. The lowest BCUT2D eigenvalue weighted by molar-refractivity contribution is -0.137. The second kappa shape index (κ2) is 16.0. The van der Waals surface area contributed by atoms with Crippen molar-refractivity contribution in [3.8, 4) is 28.5 Å². The molecule has 0 saturated carbocycles. The summed E-state index contributed by atoms with van der Waals surface area (Å²) in [4.78, 5) is 32.2. The van der Waals surface area contributed by atoms with Gasteiger partial charge in [-0.3, -0.25) is 9.59 Å². The molecule has 1 atom stereocenters. The number of hydrogen-bond donors (Lipinski definition) is 2. The molecule has 5 rings (SSSR count). The number of nitrogens with one attached hydrogen (secondary N) is 2. The second-order valence-electron chi connectivity index (χ2n) is 12.0. The number of likely N-dealkylation sites (tertiary alicyclic amines) is 1. The number of nitrogens with zero attached hydrogens (tertiary/aromatic N) is 2. The molecule has 1 saturated heterocycles. The molecule has 0 bridgehead atoms. The SMILES string of the molecule is CCOc1cc(OCc2ccc(OC)cc2)ncc1-c1ccc(CC(=O)Nc2cc(C(=O)NC[C@@H]3CCN(C)C3)cc(C(F)(F)F)c2)c(F)c1. The summed E-state index contributed by atoms with van der Waals surface area (Å²) in [5.74, 6) is -0.507. The number of benzene rings is 3. The van der Waals surface area contributed by atoms with Gasteiger partial charge in [-0.2, -0.15) is 13.2 Å². The minimum absolute atomic E-state index is 0.0167. The summed E-state index contributed by atoms with van der Waals surface area (Å²) in [5.41, 5.74) is 0.284. The second-order valence-corrected chi connectivity index (χ2v) is 12.0. The van der Waals surface area contributed by atoms with Gasteiger partial charge in [0.25, 0.3) is 5.91 Å². The molecule has 50 heavy (non-hydrogen) atoms. The van der Waals surface area contributed by atoms with E-state index in [1.54, 1.807) is 26.2 Å². The number of halogens is 4. The van der Waals surface area contributed by atoms with Crippen LogP contribution in [0.1, 0.15) is 40.4 Å². The first kappa shape index (κ1) is 36.1. The van der Waals surface area contributed by atoms with Gasteiger partial charge >= 0.3 is 6.18 Å². The summed E-state index contributed by atoms with van der Waals surface area (Å²) in [5, 5.41) is 5.09. The Labute approximate surface area is 287 Å². The van der Waals surface area contributed by atoms with Gasteiger partial charge in [0, 0.05) is 42.2 Å². The molecule has 0 radical (unpaired) electrons. The van der Waals surface area contributed by atoms with Crippen LogP contribution in [0.4, 0.5) is 23.2 Å². The highest BCUT2D eigenvalue weighted by molar-refractivity contribution is 5.98. The van der Waals surface area contributed by atoms with Crippen LogP contribution in [0.3, 0.4) is 0 Å². The standard InChI is InChI=1S/C37H38F4N4O5/c1-4-49-33-18-35(50-22-23-5-9-30(48-3)10-6-23)42-20-31(33)25-7-8-26(32(38)15-25)16-34(46)44-29-14-27(13-28(17-29)37(39,40)41)36(47)43-19-24-11-12-45(2)21-24/h5-10,13-15,17-18,20,24H,4,11-12,16,19,21-22H2,1-3H3,(H,43,47)(H,44,46)/t24-/m0/s1. The van der Waals surface area contributed by atoms with Crippen molar-refractivity contribution in [2.75, 3.05) is 45.7 Å². The van der Waals surface area contributed by atoms with Crippen molar-refractivity contribution in [1.29, 1.82) is 0 Å². The number of hydrogen-bond acceptors (Lipinski definition) is 7. The number of carbonyl (C=O) groups is 2. The van der Waals surface area contributed by atoms with Crippen molar-refractivity contribution in [3.05, 3.63) is 101 Å². The molecule has 9 nitrogen and oxygen atoms in total. The van der Waals surface area contributed by atoms with Crippen LogP contribution < -0.4 is 24.8 Å². The van der Waals surface area contributed by atoms with Crippen LogP contribution in [0.25, 0.3) is 11.1 Å². The Morgan fingerprint density at radius 1 is 1.02 bits per heavy atom. The number of aromatic nitrogens is 1. The first-order valence-electron chi connectivity index (χ1n) is 16.1. The van der Waals surface area contributed by atoms with Crippen LogP contribution in [0.2, 0.25) is 0 Å². The Morgan fingerprint density at radius 3 is 2.46 bits per heavy atom. The third kappa shape index (κ3) is 9.50. The Balaban J connectivity index is 1.26. The van der Waals surface area contributed by atoms with Gasteiger partial charge in [-0.15, -0.1) is 0 Å². The van der Waals surface area contributed by atoms with Gasteiger partial charge in [-0.05, 0) is 85.9 Å². The fourth-order valence-corrected chi connectivity index (χ4v) is 5.63. The van der Waals surface area contributed by atoms with Crippen molar-refractivity contribution in [2.45, 2.75) is 32.5 Å². The highest BCUT2D eigenvalue weighted by Gasteiger charge is 2.32. The zero-order valence-corrected chi connectivity index (χ0v) is 27.9. The largest absolute Gasteiger partial charge is 0.497 e. The van der Waals surface area contributed by atoms with Gasteiger partial charge < -0.3 is 29.7 Å². The van der Waals surface area contributed by atoms with Gasteiger partial charge in [0.1, 0.15) is 23.9 Å². The molecule has 0 aliphatic carbocycles. The summed E-state index contributed by atoms with van der Waals surface area (Å²) >= 11 is 0. The molecule has 1 aromatic heterocycles. The molecule has 0 spiro atoms. The lowest BCUT2D eigenvalue weighted by Gasteiger charge is -2.15. The van der Waals surface area contributed by atoms with E-state index in [-0.39, 0.29) is 29.3 Å².